The fourth-order valence-electron chi connectivity index (χ4n) is 4.28. The van der Waals surface area contributed by atoms with Gasteiger partial charge in [-0.2, -0.15) is 0 Å². The van der Waals surface area contributed by atoms with Crippen LogP contribution in [0.25, 0.3) is 10.9 Å². The number of nitrogens with one attached hydrogen (secondary N) is 1. The van der Waals surface area contributed by atoms with Gasteiger partial charge in [0.2, 0.25) is 0 Å². The molecule has 0 radical (unpaired) electrons. The van der Waals surface area contributed by atoms with E-state index >= 15 is 0 Å². The number of hydrogen-bond donors (Lipinski definition) is 1. The van der Waals surface area contributed by atoms with Crippen molar-refractivity contribution in [2.24, 2.45) is 0 Å². The Labute approximate surface area is 178 Å². The van der Waals surface area contributed by atoms with Crippen LogP contribution in [0.2, 0.25) is 0 Å². The number of benzene rings is 2. The first-order valence-electron chi connectivity index (χ1n) is 11.3. The number of amides is 2. The number of likely N-dealkylation sites (tertiary alicyclic amines) is 1. The monoisotopic (exact) mass is 405 g/mol. The molecule has 2 aliphatic heterocycles. The minimum absolute atomic E-state index is 0.151. The fraction of sp³-hybridized carbons (Fsp3) is 0.333. The first-order valence-corrected chi connectivity index (χ1v) is 10.3. The molecular weight excluding hydrogens is 378 g/mol. The summed E-state index contributed by atoms with van der Waals surface area (Å²) in [5, 5.41) is 0.786. The number of hydrogen-bond acceptors (Lipinski definition) is 4. The van der Waals surface area contributed by atoms with Crippen LogP contribution >= 0.6 is 0 Å². The van der Waals surface area contributed by atoms with Crippen molar-refractivity contribution in [3.63, 3.8) is 0 Å². The molecule has 30 heavy (non-hydrogen) atoms. The van der Waals surface area contributed by atoms with Crippen LogP contribution in [0.15, 0.2) is 48.7 Å². The van der Waals surface area contributed by atoms with Crippen LogP contribution in [0.5, 0.6) is 5.75 Å². The van der Waals surface area contributed by atoms with Crippen molar-refractivity contribution in [2.75, 3.05) is 26.7 Å². The quantitative estimate of drug-likeness (QED) is 0.638. The molecule has 3 heterocycles. The smallest absolute Gasteiger partial charge is 0.261 e. The average molecular weight is 405 g/mol. The fourth-order valence-corrected chi connectivity index (χ4v) is 4.28. The van der Waals surface area contributed by atoms with Gasteiger partial charge in [0.1, 0.15) is 12.4 Å². The van der Waals surface area contributed by atoms with Gasteiger partial charge < -0.3 is 14.6 Å². The highest BCUT2D eigenvalue weighted by atomic mass is 16.5. The summed E-state index contributed by atoms with van der Waals surface area (Å²) in [6, 6.07) is 12.1. The summed E-state index contributed by atoms with van der Waals surface area (Å²) in [6.07, 6.45) is 2.07. The van der Waals surface area contributed by atoms with E-state index in [2.05, 4.69) is 9.88 Å². The van der Waals surface area contributed by atoms with Crippen LogP contribution in [-0.2, 0) is 6.37 Å². The van der Waals surface area contributed by atoms with Crippen LogP contribution in [-0.4, -0.2) is 59.4 Å². The Morgan fingerprint density at radius 1 is 1.17 bits per heavy atom. The molecule has 1 saturated heterocycles. The molecule has 154 valence electrons. The Balaban J connectivity index is 1.31. The Morgan fingerprint density at radius 3 is 2.63 bits per heavy atom. The lowest BCUT2D eigenvalue weighted by molar-refractivity contribution is 0.0631. The van der Waals surface area contributed by atoms with Gasteiger partial charge in [-0.3, -0.25) is 14.5 Å². The standard InChI is InChI=1S/C24H25N3O3/c1-26-10-4-5-17(26)13-16-15-25-22-9-8-18(14-21(16)22)30-12-11-27-23(28)19-6-2-3-7-20(19)24(27)29/h2-3,6-9,14-15,17,25H,4-5,10-13H2,1H3/t17-/m1/s1/i13D2. The number of carbonyl (C=O) groups is 2. The molecule has 0 saturated carbocycles. The number of aromatic nitrogens is 1. The van der Waals surface area contributed by atoms with E-state index in [9.17, 15) is 9.59 Å². The normalized spacial score (nSPS) is 20.6. The van der Waals surface area contributed by atoms with Crippen molar-refractivity contribution in [1.29, 1.82) is 0 Å². The summed E-state index contributed by atoms with van der Waals surface area (Å²) in [5.41, 5.74) is 2.32. The number of ether oxygens (including phenoxy) is 1. The zero-order chi connectivity index (χ0) is 22.5. The number of aromatic amines is 1. The van der Waals surface area contributed by atoms with Crippen molar-refractivity contribution in [3.05, 3.63) is 65.4 Å². The zero-order valence-electron chi connectivity index (χ0n) is 18.9. The average Bonchev–Trinajstić information content (AvgIpc) is 3.47. The second-order valence-electron chi connectivity index (χ2n) is 7.85. The molecular formula is C24H25N3O3. The molecule has 5 rings (SSSR count). The van der Waals surface area contributed by atoms with E-state index in [-0.39, 0.29) is 31.0 Å². The molecule has 1 fully saturated rings. The maximum absolute atomic E-state index is 12.5. The Morgan fingerprint density at radius 2 is 1.93 bits per heavy atom. The third-order valence-electron chi connectivity index (χ3n) is 5.96. The van der Waals surface area contributed by atoms with Gasteiger partial charge in [0.25, 0.3) is 11.8 Å². The first-order chi connectivity index (χ1) is 15.4. The molecule has 0 unspecified atom stereocenters. The third kappa shape index (κ3) is 3.27. The van der Waals surface area contributed by atoms with Crippen LogP contribution in [0.3, 0.4) is 0 Å². The molecule has 6 heteroatoms. The lowest BCUT2D eigenvalue weighted by Crippen LogP contribution is -2.33. The molecule has 2 aliphatic rings. The molecule has 2 aromatic carbocycles. The largest absolute Gasteiger partial charge is 0.492 e. The van der Waals surface area contributed by atoms with E-state index in [4.69, 9.17) is 7.48 Å². The number of carbonyl (C=O) groups excluding carboxylic acids is 2. The minimum Gasteiger partial charge on any atom is -0.492 e. The van der Waals surface area contributed by atoms with Gasteiger partial charge in [-0.1, -0.05) is 12.1 Å². The van der Waals surface area contributed by atoms with Crippen LogP contribution in [0, 0.1) is 0 Å². The van der Waals surface area contributed by atoms with E-state index in [0.29, 0.717) is 22.4 Å². The number of likely N-dealkylation sites (N-methyl/N-ethyl adjacent to an activating group) is 1. The SMILES string of the molecule is [2H]C([2H])(c1c[nH]c2ccc(OCCN3C(=O)c4ccccc4C3=O)cc12)[C@H]1CCCN1C. The lowest BCUT2D eigenvalue weighted by Gasteiger charge is -2.19. The first kappa shape index (κ1) is 16.7. The predicted octanol–water partition coefficient (Wildman–Crippen LogP) is 3.48. The molecule has 0 bridgehead atoms. The lowest BCUT2D eigenvalue weighted by atomic mass is 10.0. The molecule has 1 N–H and O–H groups in total. The number of fused-ring (bicyclic) bond motifs is 2. The van der Waals surface area contributed by atoms with Crippen molar-refractivity contribution in [2.45, 2.75) is 25.3 Å². The van der Waals surface area contributed by atoms with Crippen LogP contribution in [0.1, 0.15) is 41.9 Å². The number of nitrogens with zero attached hydrogens (tertiary/aromatic N) is 2. The van der Waals surface area contributed by atoms with Gasteiger partial charge in [-0.15, -0.1) is 0 Å². The topological polar surface area (TPSA) is 65.6 Å². The summed E-state index contributed by atoms with van der Waals surface area (Å²) < 4.78 is 23.5. The molecule has 0 aliphatic carbocycles. The third-order valence-corrected chi connectivity index (χ3v) is 5.96. The zero-order valence-corrected chi connectivity index (χ0v) is 16.9. The summed E-state index contributed by atoms with van der Waals surface area (Å²) in [6.45, 7) is 1.21. The van der Waals surface area contributed by atoms with E-state index in [1.807, 2.05) is 25.2 Å². The molecule has 3 aromatic rings. The molecule has 0 spiro atoms. The van der Waals surface area contributed by atoms with E-state index in [1.165, 1.54) is 4.90 Å². The van der Waals surface area contributed by atoms with Gasteiger partial charge >= 0.3 is 0 Å². The van der Waals surface area contributed by atoms with E-state index in [1.54, 1.807) is 30.5 Å². The molecule has 2 amide bonds. The minimum atomic E-state index is -1.50. The van der Waals surface area contributed by atoms with Crippen LogP contribution in [0.4, 0.5) is 0 Å². The Bertz CT molecular complexity index is 1170. The maximum Gasteiger partial charge on any atom is 0.261 e. The predicted molar refractivity (Wildman–Crippen MR) is 115 cm³/mol. The van der Waals surface area contributed by atoms with Gasteiger partial charge in [-0.25, -0.2) is 0 Å². The second kappa shape index (κ2) is 7.61. The van der Waals surface area contributed by atoms with E-state index < -0.39 is 6.37 Å². The van der Waals surface area contributed by atoms with Crippen molar-refractivity contribution < 1.29 is 17.1 Å². The van der Waals surface area contributed by atoms with Crippen molar-refractivity contribution >= 4 is 22.7 Å². The van der Waals surface area contributed by atoms with Gasteiger partial charge in [0.05, 0.1) is 17.7 Å². The number of rotatable bonds is 6. The van der Waals surface area contributed by atoms with E-state index in [0.717, 1.165) is 30.3 Å². The molecule has 6 nitrogen and oxygen atoms in total. The Hall–Kier alpha value is -3.12. The number of H-pyrrole nitrogens is 1. The molecule has 1 aromatic heterocycles. The van der Waals surface area contributed by atoms with Gasteiger partial charge in [0.15, 0.2) is 0 Å². The highest BCUT2D eigenvalue weighted by molar-refractivity contribution is 6.21. The summed E-state index contributed by atoms with van der Waals surface area (Å²) in [5.74, 6) is -0.0246. The molecule has 1 atom stereocenters. The number of imide groups is 1. The van der Waals surface area contributed by atoms with Gasteiger partial charge in [0, 0.05) is 25.9 Å². The summed E-state index contributed by atoms with van der Waals surface area (Å²) >= 11 is 0. The summed E-state index contributed by atoms with van der Waals surface area (Å²) in [4.78, 5) is 31.5. The summed E-state index contributed by atoms with van der Waals surface area (Å²) in [7, 11) is 1.97. The maximum atomic E-state index is 12.5. The highest BCUT2D eigenvalue weighted by Crippen LogP contribution is 2.28. The van der Waals surface area contributed by atoms with Gasteiger partial charge in [-0.05, 0) is 68.7 Å². The second-order valence-corrected chi connectivity index (χ2v) is 7.85. The van der Waals surface area contributed by atoms with Crippen LogP contribution < -0.4 is 4.74 Å². The van der Waals surface area contributed by atoms with Crippen molar-refractivity contribution in [3.8, 4) is 5.75 Å². The highest BCUT2D eigenvalue weighted by Gasteiger charge is 2.34. The Kier molecular flexibility index (Phi) is 4.22. The van der Waals surface area contributed by atoms with Crippen molar-refractivity contribution in [1.82, 2.24) is 14.8 Å².